The van der Waals surface area contributed by atoms with Crippen LogP contribution in [0.15, 0.2) is 78.9 Å². The molecule has 0 spiro atoms. The number of hydrogen-bond donors (Lipinski definition) is 1. The second kappa shape index (κ2) is 8.27. The van der Waals surface area contributed by atoms with Gasteiger partial charge in [0.15, 0.2) is 6.10 Å². The van der Waals surface area contributed by atoms with Crippen molar-refractivity contribution in [3.8, 4) is 11.1 Å². The van der Waals surface area contributed by atoms with Gasteiger partial charge in [0.1, 0.15) is 5.82 Å². The van der Waals surface area contributed by atoms with Crippen LogP contribution in [0.3, 0.4) is 0 Å². The Hall–Kier alpha value is -3.47. The summed E-state index contributed by atoms with van der Waals surface area (Å²) in [4.78, 5) is 24.6. The highest BCUT2D eigenvalue weighted by atomic mass is 19.1. The van der Waals surface area contributed by atoms with Gasteiger partial charge in [-0.15, -0.1) is 0 Å². The molecule has 0 radical (unpaired) electrons. The fraction of sp³-hybridized carbons (Fsp3) is 0.0909. The molecule has 0 aliphatic heterocycles. The van der Waals surface area contributed by atoms with E-state index in [4.69, 9.17) is 4.74 Å². The molecule has 27 heavy (non-hydrogen) atoms. The van der Waals surface area contributed by atoms with E-state index in [1.54, 1.807) is 6.07 Å². The topological polar surface area (TPSA) is 55.4 Å². The van der Waals surface area contributed by atoms with Crippen molar-refractivity contribution in [1.29, 1.82) is 0 Å². The summed E-state index contributed by atoms with van der Waals surface area (Å²) >= 11 is 0. The minimum atomic E-state index is -1.04. The van der Waals surface area contributed by atoms with Crippen LogP contribution in [-0.2, 0) is 9.53 Å². The lowest BCUT2D eigenvalue weighted by molar-refractivity contribution is -0.123. The zero-order valence-corrected chi connectivity index (χ0v) is 14.7. The molecule has 136 valence electrons. The number of esters is 1. The number of carbonyl (C=O) groups excluding carboxylic acids is 2. The maximum absolute atomic E-state index is 13.2. The van der Waals surface area contributed by atoms with Crippen molar-refractivity contribution >= 4 is 17.6 Å². The first-order valence-corrected chi connectivity index (χ1v) is 8.46. The molecule has 1 atom stereocenters. The molecule has 0 saturated carbocycles. The van der Waals surface area contributed by atoms with Crippen LogP contribution in [0.5, 0.6) is 0 Å². The van der Waals surface area contributed by atoms with Gasteiger partial charge in [0.2, 0.25) is 0 Å². The third-order valence-electron chi connectivity index (χ3n) is 3.98. The fourth-order valence-corrected chi connectivity index (χ4v) is 2.59. The SMILES string of the molecule is C[C@H](OC(=O)c1cccc(F)c1)C(=O)Nc1ccccc1-c1ccccc1. The molecule has 0 fully saturated rings. The fourth-order valence-electron chi connectivity index (χ4n) is 2.59. The minimum absolute atomic E-state index is 0.0549. The molecule has 3 rings (SSSR count). The number of rotatable bonds is 5. The standard InChI is InChI=1S/C22H18FNO3/c1-15(27-22(26)17-10-7-11-18(23)14-17)21(25)24-20-13-6-5-12-19(20)16-8-3-2-4-9-16/h2-15H,1H3,(H,24,25)/t15-/m0/s1. The average molecular weight is 363 g/mol. The van der Waals surface area contributed by atoms with E-state index in [9.17, 15) is 14.0 Å². The van der Waals surface area contributed by atoms with Gasteiger partial charge in [-0.1, -0.05) is 54.6 Å². The Morgan fingerprint density at radius 2 is 1.63 bits per heavy atom. The number of amides is 1. The largest absolute Gasteiger partial charge is 0.449 e. The van der Waals surface area contributed by atoms with Crippen molar-refractivity contribution in [3.63, 3.8) is 0 Å². The quantitative estimate of drug-likeness (QED) is 0.670. The Morgan fingerprint density at radius 1 is 0.926 bits per heavy atom. The Kier molecular flexibility index (Phi) is 5.61. The van der Waals surface area contributed by atoms with Crippen molar-refractivity contribution in [2.75, 3.05) is 5.32 Å². The number of benzene rings is 3. The number of hydrogen-bond acceptors (Lipinski definition) is 3. The monoisotopic (exact) mass is 363 g/mol. The van der Waals surface area contributed by atoms with Crippen molar-refractivity contribution in [3.05, 3.63) is 90.2 Å². The summed E-state index contributed by atoms with van der Waals surface area (Å²) in [5.74, 6) is -1.77. The van der Waals surface area contributed by atoms with Crippen LogP contribution in [0.4, 0.5) is 10.1 Å². The van der Waals surface area contributed by atoms with Crippen molar-refractivity contribution in [2.24, 2.45) is 0 Å². The van der Waals surface area contributed by atoms with Crippen molar-refractivity contribution in [2.45, 2.75) is 13.0 Å². The Balaban J connectivity index is 1.71. The molecule has 5 heteroatoms. The maximum Gasteiger partial charge on any atom is 0.339 e. The van der Waals surface area contributed by atoms with Crippen LogP contribution in [0.25, 0.3) is 11.1 Å². The van der Waals surface area contributed by atoms with Crippen LogP contribution in [0, 0.1) is 5.82 Å². The van der Waals surface area contributed by atoms with E-state index in [0.717, 1.165) is 17.2 Å². The van der Waals surface area contributed by atoms with E-state index >= 15 is 0 Å². The van der Waals surface area contributed by atoms with Gasteiger partial charge in [0, 0.05) is 11.3 Å². The summed E-state index contributed by atoms with van der Waals surface area (Å²) in [7, 11) is 0. The Labute approximate surface area is 156 Å². The number of carbonyl (C=O) groups is 2. The van der Waals surface area contributed by atoms with Crippen molar-refractivity contribution < 1.29 is 18.7 Å². The number of nitrogens with one attached hydrogen (secondary N) is 1. The average Bonchev–Trinajstić information content (AvgIpc) is 2.69. The van der Waals surface area contributed by atoms with Gasteiger partial charge in [-0.2, -0.15) is 0 Å². The molecular formula is C22H18FNO3. The molecule has 0 aliphatic rings. The van der Waals surface area contributed by atoms with Gasteiger partial charge in [-0.3, -0.25) is 4.79 Å². The van der Waals surface area contributed by atoms with Crippen LogP contribution in [0.2, 0.25) is 0 Å². The minimum Gasteiger partial charge on any atom is -0.449 e. The molecule has 0 aliphatic carbocycles. The molecule has 0 saturated heterocycles. The van der Waals surface area contributed by atoms with Gasteiger partial charge >= 0.3 is 5.97 Å². The van der Waals surface area contributed by atoms with Gasteiger partial charge in [-0.05, 0) is 36.8 Å². The van der Waals surface area contributed by atoms with E-state index in [0.29, 0.717) is 5.69 Å². The van der Waals surface area contributed by atoms with Crippen LogP contribution in [-0.4, -0.2) is 18.0 Å². The third-order valence-corrected chi connectivity index (χ3v) is 3.98. The zero-order chi connectivity index (χ0) is 19.2. The molecule has 0 heterocycles. The zero-order valence-electron chi connectivity index (χ0n) is 14.7. The second-order valence-electron chi connectivity index (χ2n) is 5.96. The number of para-hydroxylation sites is 1. The Morgan fingerprint density at radius 3 is 2.37 bits per heavy atom. The highest BCUT2D eigenvalue weighted by molar-refractivity contribution is 5.99. The normalized spacial score (nSPS) is 11.5. The molecule has 4 nitrogen and oxygen atoms in total. The molecule has 0 bridgehead atoms. The lowest BCUT2D eigenvalue weighted by atomic mass is 10.0. The van der Waals surface area contributed by atoms with Gasteiger partial charge in [-0.25, -0.2) is 9.18 Å². The predicted molar refractivity (Wildman–Crippen MR) is 102 cm³/mol. The summed E-state index contributed by atoms with van der Waals surface area (Å²) in [6.45, 7) is 1.47. The van der Waals surface area contributed by atoms with Crippen LogP contribution < -0.4 is 5.32 Å². The van der Waals surface area contributed by atoms with E-state index < -0.39 is 23.8 Å². The highest BCUT2D eigenvalue weighted by Gasteiger charge is 2.20. The highest BCUT2D eigenvalue weighted by Crippen LogP contribution is 2.27. The predicted octanol–water partition coefficient (Wildman–Crippen LogP) is 4.68. The lowest BCUT2D eigenvalue weighted by Crippen LogP contribution is -2.30. The second-order valence-corrected chi connectivity index (χ2v) is 5.96. The maximum atomic E-state index is 13.2. The smallest absolute Gasteiger partial charge is 0.339 e. The van der Waals surface area contributed by atoms with Crippen molar-refractivity contribution in [1.82, 2.24) is 0 Å². The molecule has 3 aromatic rings. The van der Waals surface area contributed by atoms with Gasteiger partial charge in [0.05, 0.1) is 5.56 Å². The first-order valence-electron chi connectivity index (χ1n) is 8.46. The summed E-state index contributed by atoms with van der Waals surface area (Å²) in [5, 5.41) is 2.79. The van der Waals surface area contributed by atoms with Crippen LogP contribution in [0.1, 0.15) is 17.3 Å². The Bertz CT molecular complexity index is 957. The first-order chi connectivity index (χ1) is 13.0. The molecule has 0 unspecified atom stereocenters. The molecule has 3 aromatic carbocycles. The number of ether oxygens (including phenoxy) is 1. The summed E-state index contributed by atoms with van der Waals surface area (Å²) < 4.78 is 18.4. The van der Waals surface area contributed by atoms with E-state index in [1.807, 2.05) is 48.5 Å². The molecule has 1 N–H and O–H groups in total. The van der Waals surface area contributed by atoms with E-state index in [-0.39, 0.29) is 5.56 Å². The molecular weight excluding hydrogens is 345 g/mol. The summed E-state index contributed by atoms with van der Waals surface area (Å²) in [6, 6.07) is 22.1. The molecule has 1 amide bonds. The first kappa shape index (κ1) is 18.3. The lowest BCUT2D eigenvalue weighted by Gasteiger charge is -2.16. The van der Waals surface area contributed by atoms with E-state index in [1.165, 1.54) is 25.1 Å². The number of halogens is 1. The summed E-state index contributed by atoms with van der Waals surface area (Å²) in [5.41, 5.74) is 2.48. The van der Waals surface area contributed by atoms with Crippen LogP contribution >= 0.6 is 0 Å². The number of anilines is 1. The third kappa shape index (κ3) is 4.58. The molecule has 0 aromatic heterocycles. The van der Waals surface area contributed by atoms with Gasteiger partial charge < -0.3 is 10.1 Å². The van der Waals surface area contributed by atoms with Gasteiger partial charge in [0.25, 0.3) is 5.91 Å². The van der Waals surface area contributed by atoms with E-state index in [2.05, 4.69) is 5.32 Å². The summed E-state index contributed by atoms with van der Waals surface area (Å²) in [6.07, 6.45) is -1.04.